The summed E-state index contributed by atoms with van der Waals surface area (Å²) in [7, 11) is 0. The van der Waals surface area contributed by atoms with E-state index in [1.807, 2.05) is 18.2 Å². The van der Waals surface area contributed by atoms with E-state index in [1.54, 1.807) is 0 Å². The molecule has 0 bridgehead atoms. The van der Waals surface area contributed by atoms with E-state index in [0.717, 1.165) is 24.2 Å². The van der Waals surface area contributed by atoms with Crippen LogP contribution < -0.4 is 10.6 Å². The molecule has 96 valence electrons. The monoisotopic (exact) mass is 264 g/mol. The third kappa shape index (κ3) is 2.07. The fourth-order valence-electron chi connectivity index (χ4n) is 3.01. The van der Waals surface area contributed by atoms with Gasteiger partial charge in [-0.3, -0.25) is 4.79 Å². The molecule has 3 rings (SSSR count). The summed E-state index contributed by atoms with van der Waals surface area (Å²) in [5.41, 5.74) is 1.66. The SMILES string of the molecule is O=C1Nc2cccc(Cl)c2NC1C1CCCCC1. The standard InChI is InChI=1S/C14H17ClN2O/c15-10-7-4-8-11-13(10)17-12(14(18)16-11)9-5-2-1-3-6-9/h4,7-9,12,17H,1-3,5-6H2,(H,16,18). The van der Waals surface area contributed by atoms with Gasteiger partial charge in [-0.1, -0.05) is 36.9 Å². The number of hydrogen-bond donors (Lipinski definition) is 2. The van der Waals surface area contributed by atoms with Crippen molar-refractivity contribution >= 4 is 28.9 Å². The van der Waals surface area contributed by atoms with Gasteiger partial charge in [-0.15, -0.1) is 0 Å². The second kappa shape index (κ2) is 4.81. The van der Waals surface area contributed by atoms with Crippen molar-refractivity contribution in [2.24, 2.45) is 5.92 Å². The van der Waals surface area contributed by atoms with Crippen LogP contribution in [0.5, 0.6) is 0 Å². The van der Waals surface area contributed by atoms with Crippen LogP contribution in [0.3, 0.4) is 0 Å². The van der Waals surface area contributed by atoms with Crippen LogP contribution in [0.15, 0.2) is 18.2 Å². The topological polar surface area (TPSA) is 41.1 Å². The highest BCUT2D eigenvalue weighted by Gasteiger charge is 2.33. The Morgan fingerprint density at radius 2 is 1.94 bits per heavy atom. The minimum atomic E-state index is -0.127. The Kier molecular flexibility index (Phi) is 3.16. The van der Waals surface area contributed by atoms with E-state index >= 15 is 0 Å². The van der Waals surface area contributed by atoms with Crippen molar-refractivity contribution in [3.8, 4) is 0 Å². The van der Waals surface area contributed by atoms with E-state index in [1.165, 1.54) is 19.3 Å². The third-order valence-corrected chi connectivity index (χ3v) is 4.29. The Hall–Kier alpha value is -1.22. The number of amides is 1. The fourth-order valence-corrected chi connectivity index (χ4v) is 3.24. The van der Waals surface area contributed by atoms with E-state index in [-0.39, 0.29) is 11.9 Å². The van der Waals surface area contributed by atoms with Crippen LogP contribution in [-0.2, 0) is 4.79 Å². The van der Waals surface area contributed by atoms with E-state index in [9.17, 15) is 4.79 Å². The molecule has 2 N–H and O–H groups in total. The van der Waals surface area contributed by atoms with Gasteiger partial charge in [0.1, 0.15) is 6.04 Å². The summed E-state index contributed by atoms with van der Waals surface area (Å²) in [6.45, 7) is 0. The molecular formula is C14H17ClN2O. The number of hydrogen-bond acceptors (Lipinski definition) is 2. The smallest absolute Gasteiger partial charge is 0.247 e. The number of anilines is 2. The molecule has 4 heteroatoms. The summed E-state index contributed by atoms with van der Waals surface area (Å²) in [6, 6.07) is 5.45. The highest BCUT2D eigenvalue weighted by Crippen LogP contribution is 2.37. The van der Waals surface area contributed by atoms with Gasteiger partial charge in [-0.2, -0.15) is 0 Å². The number of rotatable bonds is 1. The predicted molar refractivity (Wildman–Crippen MR) is 74.1 cm³/mol. The van der Waals surface area contributed by atoms with E-state index in [4.69, 9.17) is 11.6 Å². The fraction of sp³-hybridized carbons (Fsp3) is 0.500. The lowest BCUT2D eigenvalue weighted by Gasteiger charge is -2.34. The quantitative estimate of drug-likeness (QED) is 0.813. The maximum absolute atomic E-state index is 12.2. The normalized spacial score (nSPS) is 24.1. The molecule has 1 aromatic carbocycles. The van der Waals surface area contributed by atoms with Crippen molar-refractivity contribution in [3.63, 3.8) is 0 Å². The van der Waals surface area contributed by atoms with Gasteiger partial charge in [0.15, 0.2) is 0 Å². The zero-order valence-electron chi connectivity index (χ0n) is 10.2. The summed E-state index contributed by atoms with van der Waals surface area (Å²) in [5.74, 6) is 0.514. The molecule has 1 aliphatic heterocycles. The third-order valence-electron chi connectivity index (χ3n) is 3.98. The summed E-state index contributed by atoms with van der Waals surface area (Å²) >= 11 is 6.18. The summed E-state index contributed by atoms with van der Waals surface area (Å²) in [5, 5.41) is 6.98. The van der Waals surface area contributed by atoms with Crippen molar-refractivity contribution in [1.29, 1.82) is 0 Å². The molecular weight excluding hydrogens is 248 g/mol. The van der Waals surface area contributed by atoms with E-state index < -0.39 is 0 Å². The molecule has 1 aromatic rings. The first-order chi connectivity index (χ1) is 8.75. The number of fused-ring (bicyclic) bond motifs is 1. The number of halogens is 1. The van der Waals surface area contributed by atoms with Crippen LogP contribution >= 0.6 is 11.6 Å². The van der Waals surface area contributed by atoms with Crippen molar-refractivity contribution in [1.82, 2.24) is 0 Å². The first-order valence-electron chi connectivity index (χ1n) is 6.61. The molecule has 2 aliphatic rings. The number of para-hydroxylation sites is 1. The zero-order chi connectivity index (χ0) is 12.5. The molecule has 1 fully saturated rings. The van der Waals surface area contributed by atoms with Crippen LogP contribution in [0.2, 0.25) is 5.02 Å². The Labute approximate surface area is 112 Å². The Morgan fingerprint density at radius 3 is 2.72 bits per heavy atom. The summed E-state index contributed by atoms with van der Waals surface area (Å²) < 4.78 is 0. The molecule has 1 unspecified atom stereocenters. The van der Waals surface area contributed by atoms with Gasteiger partial charge in [0.05, 0.1) is 16.4 Å². The molecule has 1 heterocycles. The minimum absolute atomic E-state index is 0.0802. The lowest BCUT2D eigenvalue weighted by molar-refractivity contribution is -0.118. The van der Waals surface area contributed by atoms with Crippen LogP contribution in [-0.4, -0.2) is 11.9 Å². The molecule has 1 amide bonds. The van der Waals surface area contributed by atoms with Crippen LogP contribution in [0, 0.1) is 5.92 Å². The summed E-state index contributed by atoms with van der Waals surface area (Å²) in [6.07, 6.45) is 6.01. The predicted octanol–water partition coefficient (Wildman–Crippen LogP) is 3.65. The van der Waals surface area contributed by atoms with Gasteiger partial charge in [0, 0.05) is 0 Å². The first-order valence-corrected chi connectivity index (χ1v) is 6.99. The van der Waals surface area contributed by atoms with E-state index in [2.05, 4.69) is 10.6 Å². The molecule has 1 aliphatic carbocycles. The van der Waals surface area contributed by atoms with Crippen molar-refractivity contribution in [2.75, 3.05) is 10.6 Å². The van der Waals surface area contributed by atoms with Gasteiger partial charge < -0.3 is 10.6 Å². The average Bonchev–Trinajstić information content (AvgIpc) is 2.39. The van der Waals surface area contributed by atoms with Crippen molar-refractivity contribution in [2.45, 2.75) is 38.1 Å². The Bertz CT molecular complexity index is 469. The average molecular weight is 265 g/mol. The maximum atomic E-state index is 12.2. The zero-order valence-corrected chi connectivity index (χ0v) is 11.0. The lowest BCUT2D eigenvalue weighted by atomic mass is 9.83. The molecule has 3 nitrogen and oxygen atoms in total. The van der Waals surface area contributed by atoms with Gasteiger partial charge in [0.2, 0.25) is 5.91 Å². The molecule has 0 radical (unpaired) electrons. The summed E-state index contributed by atoms with van der Waals surface area (Å²) in [4.78, 5) is 12.2. The highest BCUT2D eigenvalue weighted by atomic mass is 35.5. The minimum Gasteiger partial charge on any atom is -0.371 e. The number of carbonyl (C=O) groups is 1. The Balaban J connectivity index is 1.86. The van der Waals surface area contributed by atoms with Crippen molar-refractivity contribution in [3.05, 3.63) is 23.2 Å². The molecule has 18 heavy (non-hydrogen) atoms. The van der Waals surface area contributed by atoms with Gasteiger partial charge in [-0.05, 0) is 30.9 Å². The van der Waals surface area contributed by atoms with Crippen LogP contribution in [0.25, 0.3) is 0 Å². The second-order valence-electron chi connectivity index (χ2n) is 5.17. The van der Waals surface area contributed by atoms with Gasteiger partial charge in [-0.25, -0.2) is 0 Å². The number of carbonyl (C=O) groups excluding carboxylic acids is 1. The van der Waals surface area contributed by atoms with Gasteiger partial charge >= 0.3 is 0 Å². The molecule has 0 spiro atoms. The number of benzene rings is 1. The van der Waals surface area contributed by atoms with Crippen LogP contribution in [0.4, 0.5) is 11.4 Å². The largest absolute Gasteiger partial charge is 0.371 e. The number of nitrogens with one attached hydrogen (secondary N) is 2. The van der Waals surface area contributed by atoms with Crippen molar-refractivity contribution < 1.29 is 4.79 Å². The van der Waals surface area contributed by atoms with Crippen LogP contribution in [0.1, 0.15) is 32.1 Å². The molecule has 0 aromatic heterocycles. The first kappa shape index (κ1) is 11.8. The van der Waals surface area contributed by atoms with Gasteiger partial charge in [0.25, 0.3) is 0 Å². The Morgan fingerprint density at radius 1 is 1.17 bits per heavy atom. The molecule has 1 saturated carbocycles. The molecule has 0 saturated heterocycles. The molecule has 1 atom stereocenters. The van der Waals surface area contributed by atoms with E-state index in [0.29, 0.717) is 10.9 Å². The maximum Gasteiger partial charge on any atom is 0.247 e. The second-order valence-corrected chi connectivity index (χ2v) is 5.58. The highest BCUT2D eigenvalue weighted by molar-refractivity contribution is 6.34. The lowest BCUT2D eigenvalue weighted by Crippen LogP contribution is -2.44.